The van der Waals surface area contributed by atoms with Crippen molar-refractivity contribution in [3.8, 4) is 0 Å². The first-order valence-corrected chi connectivity index (χ1v) is 7.68. The van der Waals surface area contributed by atoms with Crippen molar-refractivity contribution in [2.75, 3.05) is 6.54 Å². The number of aryl methyl sites for hydroxylation is 1. The van der Waals surface area contributed by atoms with Gasteiger partial charge in [-0.25, -0.2) is 9.97 Å². The third-order valence-electron chi connectivity index (χ3n) is 4.31. The normalized spacial score (nSPS) is 25.3. The summed E-state index contributed by atoms with van der Waals surface area (Å²) in [6.45, 7) is 9.74. The van der Waals surface area contributed by atoms with Gasteiger partial charge in [0.05, 0.1) is 0 Å². The second kappa shape index (κ2) is 6.47. The van der Waals surface area contributed by atoms with E-state index in [1.54, 1.807) is 0 Å². The van der Waals surface area contributed by atoms with Crippen LogP contribution in [0.5, 0.6) is 0 Å². The topological polar surface area (TPSA) is 37.8 Å². The minimum atomic E-state index is 0.337. The third-order valence-corrected chi connectivity index (χ3v) is 4.31. The lowest BCUT2D eigenvalue weighted by atomic mass is 9.82. The highest BCUT2D eigenvalue weighted by Gasteiger charge is 2.23. The summed E-state index contributed by atoms with van der Waals surface area (Å²) in [5, 5.41) is 3.43. The van der Waals surface area contributed by atoms with E-state index in [0.29, 0.717) is 12.0 Å². The van der Waals surface area contributed by atoms with Crippen LogP contribution < -0.4 is 5.32 Å². The Morgan fingerprint density at radius 2 is 2.21 bits per heavy atom. The fourth-order valence-electron chi connectivity index (χ4n) is 3.20. The average molecular weight is 261 g/mol. The van der Waals surface area contributed by atoms with Crippen LogP contribution in [0.3, 0.4) is 0 Å². The minimum absolute atomic E-state index is 0.337. The number of nitrogens with one attached hydrogen (secondary N) is 1. The summed E-state index contributed by atoms with van der Waals surface area (Å²) >= 11 is 0. The van der Waals surface area contributed by atoms with E-state index in [1.165, 1.54) is 31.2 Å². The Labute approximate surface area is 117 Å². The lowest BCUT2D eigenvalue weighted by Gasteiger charge is -2.26. The summed E-state index contributed by atoms with van der Waals surface area (Å²) in [6, 6.07) is 0.337. The van der Waals surface area contributed by atoms with Gasteiger partial charge < -0.3 is 5.32 Å². The molecular formula is C16H27N3. The highest BCUT2D eigenvalue weighted by Crippen LogP contribution is 2.34. The Morgan fingerprint density at radius 3 is 2.84 bits per heavy atom. The molecule has 1 aromatic heterocycles. The van der Waals surface area contributed by atoms with Gasteiger partial charge in [-0.05, 0) is 39.2 Å². The SMILES string of the molecule is CCNC(C)c1cnc(C2CCCC(C)C2)nc1C. The molecule has 1 aromatic rings. The van der Waals surface area contributed by atoms with E-state index < -0.39 is 0 Å². The summed E-state index contributed by atoms with van der Waals surface area (Å²) in [5.41, 5.74) is 2.37. The van der Waals surface area contributed by atoms with Gasteiger partial charge in [0.1, 0.15) is 5.82 Å². The molecule has 2 rings (SSSR count). The van der Waals surface area contributed by atoms with E-state index in [-0.39, 0.29) is 0 Å². The maximum absolute atomic E-state index is 4.78. The van der Waals surface area contributed by atoms with Crippen molar-refractivity contribution < 1.29 is 0 Å². The van der Waals surface area contributed by atoms with Gasteiger partial charge in [-0.15, -0.1) is 0 Å². The zero-order valence-electron chi connectivity index (χ0n) is 12.7. The van der Waals surface area contributed by atoms with Gasteiger partial charge in [-0.3, -0.25) is 0 Å². The van der Waals surface area contributed by atoms with Crippen LogP contribution in [0.4, 0.5) is 0 Å². The predicted molar refractivity (Wildman–Crippen MR) is 79.2 cm³/mol. The van der Waals surface area contributed by atoms with Crippen molar-refractivity contribution in [1.29, 1.82) is 0 Å². The standard InChI is InChI=1S/C16H27N3/c1-5-17-12(3)15-10-18-16(19-13(15)4)14-8-6-7-11(2)9-14/h10-12,14,17H,5-9H2,1-4H3. The molecule has 0 bridgehead atoms. The van der Waals surface area contributed by atoms with Crippen molar-refractivity contribution in [2.45, 2.75) is 65.3 Å². The molecule has 1 N–H and O–H groups in total. The molecule has 0 amide bonds. The molecule has 106 valence electrons. The van der Waals surface area contributed by atoms with Crippen LogP contribution >= 0.6 is 0 Å². The highest BCUT2D eigenvalue weighted by atomic mass is 14.9. The zero-order chi connectivity index (χ0) is 13.8. The van der Waals surface area contributed by atoms with Crippen molar-refractivity contribution in [2.24, 2.45) is 5.92 Å². The molecule has 3 heteroatoms. The summed E-state index contributed by atoms with van der Waals surface area (Å²) in [6.07, 6.45) is 7.23. The Bertz CT molecular complexity index is 416. The van der Waals surface area contributed by atoms with Gasteiger partial charge in [-0.2, -0.15) is 0 Å². The van der Waals surface area contributed by atoms with E-state index in [0.717, 1.165) is 24.0 Å². The van der Waals surface area contributed by atoms with Crippen LogP contribution in [0.15, 0.2) is 6.20 Å². The van der Waals surface area contributed by atoms with Crippen molar-refractivity contribution in [3.05, 3.63) is 23.3 Å². The molecule has 1 aliphatic rings. The molecule has 0 aromatic carbocycles. The number of nitrogens with zero attached hydrogens (tertiary/aromatic N) is 2. The second-order valence-corrected chi connectivity index (χ2v) is 6.02. The Kier molecular flexibility index (Phi) is 4.92. The molecule has 3 atom stereocenters. The Morgan fingerprint density at radius 1 is 1.42 bits per heavy atom. The number of hydrogen-bond donors (Lipinski definition) is 1. The third kappa shape index (κ3) is 3.53. The first kappa shape index (κ1) is 14.4. The predicted octanol–water partition coefficient (Wildman–Crippen LogP) is 3.75. The van der Waals surface area contributed by atoms with E-state index in [4.69, 9.17) is 4.98 Å². The largest absolute Gasteiger partial charge is 0.310 e. The Hall–Kier alpha value is -0.960. The van der Waals surface area contributed by atoms with E-state index in [9.17, 15) is 0 Å². The van der Waals surface area contributed by atoms with Crippen LogP contribution in [0.2, 0.25) is 0 Å². The highest BCUT2D eigenvalue weighted by molar-refractivity contribution is 5.21. The fourth-order valence-corrected chi connectivity index (χ4v) is 3.20. The van der Waals surface area contributed by atoms with Crippen LogP contribution in [-0.4, -0.2) is 16.5 Å². The van der Waals surface area contributed by atoms with Gasteiger partial charge >= 0.3 is 0 Å². The smallest absolute Gasteiger partial charge is 0.131 e. The molecule has 0 spiro atoms. The molecule has 0 aliphatic heterocycles. The van der Waals surface area contributed by atoms with Gasteiger partial charge in [-0.1, -0.05) is 26.7 Å². The van der Waals surface area contributed by atoms with Gasteiger partial charge in [0.25, 0.3) is 0 Å². The molecule has 1 saturated carbocycles. The molecule has 0 saturated heterocycles. The van der Waals surface area contributed by atoms with Crippen LogP contribution in [-0.2, 0) is 0 Å². The number of aromatic nitrogens is 2. The van der Waals surface area contributed by atoms with Crippen molar-refractivity contribution in [1.82, 2.24) is 15.3 Å². The van der Waals surface area contributed by atoms with Crippen molar-refractivity contribution >= 4 is 0 Å². The maximum Gasteiger partial charge on any atom is 0.131 e. The quantitative estimate of drug-likeness (QED) is 0.897. The van der Waals surface area contributed by atoms with Gasteiger partial charge in [0, 0.05) is 29.4 Å². The summed E-state index contributed by atoms with van der Waals surface area (Å²) in [5.74, 6) is 2.46. The molecule has 1 heterocycles. The Balaban J connectivity index is 2.14. The molecule has 1 aliphatic carbocycles. The fraction of sp³-hybridized carbons (Fsp3) is 0.750. The van der Waals surface area contributed by atoms with Crippen LogP contribution in [0, 0.1) is 12.8 Å². The summed E-state index contributed by atoms with van der Waals surface area (Å²) in [4.78, 5) is 9.43. The second-order valence-electron chi connectivity index (χ2n) is 6.02. The first-order chi connectivity index (χ1) is 9.11. The number of hydrogen-bond acceptors (Lipinski definition) is 3. The molecule has 3 nitrogen and oxygen atoms in total. The summed E-state index contributed by atoms with van der Waals surface area (Å²) < 4.78 is 0. The number of rotatable bonds is 4. The average Bonchev–Trinajstić information content (AvgIpc) is 2.38. The van der Waals surface area contributed by atoms with E-state index in [2.05, 4.69) is 38.0 Å². The van der Waals surface area contributed by atoms with Gasteiger partial charge in [0.2, 0.25) is 0 Å². The van der Waals surface area contributed by atoms with E-state index >= 15 is 0 Å². The maximum atomic E-state index is 4.78. The zero-order valence-corrected chi connectivity index (χ0v) is 12.7. The van der Waals surface area contributed by atoms with Crippen LogP contribution in [0.25, 0.3) is 0 Å². The molecule has 19 heavy (non-hydrogen) atoms. The summed E-state index contributed by atoms with van der Waals surface area (Å²) in [7, 11) is 0. The lowest BCUT2D eigenvalue weighted by molar-refractivity contribution is 0.334. The molecular weight excluding hydrogens is 234 g/mol. The molecule has 0 radical (unpaired) electrons. The van der Waals surface area contributed by atoms with Crippen molar-refractivity contribution in [3.63, 3.8) is 0 Å². The molecule has 1 fully saturated rings. The van der Waals surface area contributed by atoms with Gasteiger partial charge in [0.15, 0.2) is 0 Å². The lowest BCUT2D eigenvalue weighted by Crippen LogP contribution is -2.20. The van der Waals surface area contributed by atoms with Crippen LogP contribution in [0.1, 0.15) is 75.5 Å². The first-order valence-electron chi connectivity index (χ1n) is 7.68. The minimum Gasteiger partial charge on any atom is -0.310 e. The molecule has 3 unspecified atom stereocenters. The monoisotopic (exact) mass is 261 g/mol. The van der Waals surface area contributed by atoms with E-state index in [1.807, 2.05) is 6.20 Å².